The van der Waals surface area contributed by atoms with Crippen molar-refractivity contribution in [2.75, 3.05) is 14.2 Å². The van der Waals surface area contributed by atoms with Crippen LogP contribution in [0.5, 0.6) is 23.0 Å². The molecule has 0 fully saturated rings. The van der Waals surface area contributed by atoms with Crippen molar-refractivity contribution in [3.05, 3.63) is 96.1 Å². The van der Waals surface area contributed by atoms with Gasteiger partial charge in [0.2, 0.25) is 0 Å². The van der Waals surface area contributed by atoms with E-state index in [-0.39, 0.29) is 22.8 Å². The summed E-state index contributed by atoms with van der Waals surface area (Å²) in [5.74, 6) is 0.242. The predicted octanol–water partition coefficient (Wildman–Crippen LogP) is 5.68. The molecule has 0 aromatic heterocycles. The molecule has 0 heterocycles. The third-order valence-electron chi connectivity index (χ3n) is 5.29. The fraction of sp³-hybridized carbons (Fsp3) is 0.0741. The molecule has 0 aliphatic rings. The standard InChI is InChI=1S/C27H22O5/c1-31-19-13-14-20(21(28)15-19)25-23(32-2)16-22(29)26(24(25)17-9-5-3-6-10-17)27(30)18-11-7-4-8-12-18/h3-16,28-29H,1-2H3. The van der Waals surface area contributed by atoms with Gasteiger partial charge in [0.1, 0.15) is 23.0 Å². The minimum Gasteiger partial charge on any atom is -0.507 e. The van der Waals surface area contributed by atoms with Crippen LogP contribution in [0.2, 0.25) is 0 Å². The Labute approximate surface area is 186 Å². The van der Waals surface area contributed by atoms with Gasteiger partial charge in [-0.3, -0.25) is 4.79 Å². The maximum atomic E-state index is 13.5. The lowest BCUT2D eigenvalue weighted by Gasteiger charge is -2.20. The van der Waals surface area contributed by atoms with Crippen molar-refractivity contribution >= 4 is 5.78 Å². The van der Waals surface area contributed by atoms with Gasteiger partial charge in [0.25, 0.3) is 0 Å². The molecule has 0 unspecified atom stereocenters. The van der Waals surface area contributed by atoms with Crippen molar-refractivity contribution in [1.82, 2.24) is 0 Å². The Morgan fingerprint density at radius 1 is 0.719 bits per heavy atom. The van der Waals surface area contributed by atoms with Gasteiger partial charge in [0.05, 0.1) is 19.8 Å². The molecule has 2 N–H and O–H groups in total. The number of benzene rings is 4. The smallest absolute Gasteiger partial charge is 0.197 e. The highest BCUT2D eigenvalue weighted by molar-refractivity contribution is 6.17. The Morgan fingerprint density at radius 2 is 1.38 bits per heavy atom. The van der Waals surface area contributed by atoms with Gasteiger partial charge in [-0.05, 0) is 17.7 Å². The summed E-state index contributed by atoms with van der Waals surface area (Å²) in [6, 6.07) is 24.3. The molecule has 5 heteroatoms. The lowest BCUT2D eigenvalue weighted by Crippen LogP contribution is -2.06. The summed E-state index contributed by atoms with van der Waals surface area (Å²) in [7, 11) is 2.99. The van der Waals surface area contributed by atoms with Crippen LogP contribution in [0.15, 0.2) is 84.9 Å². The number of carbonyl (C=O) groups excluding carboxylic acids is 1. The second-order valence-electron chi connectivity index (χ2n) is 7.17. The van der Waals surface area contributed by atoms with Crippen LogP contribution in [0.3, 0.4) is 0 Å². The number of rotatable bonds is 6. The molecule has 0 saturated carbocycles. The number of aromatic hydroxyl groups is 2. The molecule has 0 spiro atoms. The van der Waals surface area contributed by atoms with Gasteiger partial charge in [-0.2, -0.15) is 0 Å². The Bertz CT molecular complexity index is 1260. The summed E-state index contributed by atoms with van der Waals surface area (Å²) in [6.45, 7) is 0. The third-order valence-corrected chi connectivity index (χ3v) is 5.29. The van der Waals surface area contributed by atoms with E-state index in [4.69, 9.17) is 9.47 Å². The highest BCUT2D eigenvalue weighted by Crippen LogP contribution is 2.48. The van der Waals surface area contributed by atoms with Gasteiger partial charge in [0, 0.05) is 34.4 Å². The summed E-state index contributed by atoms with van der Waals surface area (Å²) >= 11 is 0. The Kier molecular flexibility index (Phi) is 5.81. The normalized spacial score (nSPS) is 10.6. The van der Waals surface area contributed by atoms with Crippen molar-refractivity contribution < 1.29 is 24.5 Å². The quantitative estimate of drug-likeness (QED) is 0.388. The zero-order valence-electron chi connectivity index (χ0n) is 17.7. The molecule has 160 valence electrons. The second kappa shape index (κ2) is 8.86. The van der Waals surface area contributed by atoms with Gasteiger partial charge in [0.15, 0.2) is 5.78 Å². The fourth-order valence-corrected chi connectivity index (χ4v) is 3.78. The van der Waals surface area contributed by atoms with Crippen LogP contribution in [0.4, 0.5) is 0 Å². The number of hydrogen-bond acceptors (Lipinski definition) is 5. The maximum absolute atomic E-state index is 13.5. The number of ketones is 1. The number of carbonyl (C=O) groups is 1. The maximum Gasteiger partial charge on any atom is 0.197 e. The zero-order valence-corrected chi connectivity index (χ0v) is 17.7. The molecule has 0 radical (unpaired) electrons. The van der Waals surface area contributed by atoms with Crippen LogP contribution >= 0.6 is 0 Å². The van der Waals surface area contributed by atoms with Crippen molar-refractivity contribution in [3.63, 3.8) is 0 Å². The molecule has 0 aliphatic heterocycles. The first-order chi connectivity index (χ1) is 15.5. The van der Waals surface area contributed by atoms with Crippen LogP contribution < -0.4 is 9.47 Å². The summed E-state index contributed by atoms with van der Waals surface area (Å²) in [6.07, 6.45) is 0. The van der Waals surface area contributed by atoms with Crippen LogP contribution in [0.25, 0.3) is 22.3 Å². The van der Waals surface area contributed by atoms with E-state index in [0.29, 0.717) is 39.3 Å². The number of hydrogen-bond donors (Lipinski definition) is 2. The van der Waals surface area contributed by atoms with Crippen molar-refractivity contribution in [2.24, 2.45) is 0 Å². The minimum atomic E-state index is -0.334. The van der Waals surface area contributed by atoms with Crippen molar-refractivity contribution in [2.45, 2.75) is 0 Å². The Hall–Kier alpha value is -4.25. The SMILES string of the molecule is COc1ccc(-c2c(OC)cc(O)c(C(=O)c3ccccc3)c2-c2ccccc2)c(O)c1. The average molecular weight is 426 g/mol. The summed E-state index contributed by atoms with van der Waals surface area (Å²) < 4.78 is 10.8. The molecule has 5 nitrogen and oxygen atoms in total. The van der Waals surface area contributed by atoms with Gasteiger partial charge in [-0.15, -0.1) is 0 Å². The van der Waals surface area contributed by atoms with Gasteiger partial charge in [-0.25, -0.2) is 0 Å². The number of methoxy groups -OCH3 is 2. The van der Waals surface area contributed by atoms with Crippen LogP contribution in [-0.4, -0.2) is 30.2 Å². The van der Waals surface area contributed by atoms with E-state index in [1.165, 1.54) is 26.4 Å². The molecule has 4 aromatic rings. The summed E-state index contributed by atoms with van der Waals surface area (Å²) in [5.41, 5.74) is 2.69. The Morgan fingerprint density at radius 3 is 1.97 bits per heavy atom. The third kappa shape index (κ3) is 3.76. The lowest BCUT2D eigenvalue weighted by molar-refractivity contribution is 0.103. The molecule has 0 atom stereocenters. The molecule has 32 heavy (non-hydrogen) atoms. The average Bonchev–Trinajstić information content (AvgIpc) is 2.84. The molecule has 0 aliphatic carbocycles. The summed E-state index contributed by atoms with van der Waals surface area (Å²) in [5, 5.41) is 21.7. The molecule has 4 rings (SSSR count). The molecular formula is C27H22O5. The van der Waals surface area contributed by atoms with E-state index in [1.807, 2.05) is 36.4 Å². The minimum absolute atomic E-state index is 0.0383. The first-order valence-electron chi connectivity index (χ1n) is 10.0. The topological polar surface area (TPSA) is 76.0 Å². The molecule has 4 aromatic carbocycles. The molecule has 0 amide bonds. The molecule has 0 bridgehead atoms. The van der Waals surface area contributed by atoms with E-state index < -0.39 is 0 Å². The first kappa shape index (κ1) is 21.0. The highest BCUT2D eigenvalue weighted by Gasteiger charge is 2.27. The number of ether oxygens (including phenoxy) is 2. The van der Waals surface area contributed by atoms with Gasteiger partial charge < -0.3 is 19.7 Å². The largest absolute Gasteiger partial charge is 0.507 e. The van der Waals surface area contributed by atoms with E-state index in [9.17, 15) is 15.0 Å². The van der Waals surface area contributed by atoms with Gasteiger partial charge >= 0.3 is 0 Å². The Balaban J connectivity index is 2.10. The molecule has 0 saturated heterocycles. The van der Waals surface area contributed by atoms with E-state index in [1.54, 1.807) is 36.4 Å². The predicted molar refractivity (Wildman–Crippen MR) is 124 cm³/mol. The molecular weight excluding hydrogens is 404 g/mol. The van der Waals surface area contributed by atoms with E-state index in [0.717, 1.165) is 0 Å². The van der Waals surface area contributed by atoms with Crippen molar-refractivity contribution in [3.8, 4) is 45.3 Å². The number of phenols is 2. The van der Waals surface area contributed by atoms with E-state index in [2.05, 4.69) is 0 Å². The van der Waals surface area contributed by atoms with E-state index >= 15 is 0 Å². The first-order valence-corrected chi connectivity index (χ1v) is 10.0. The van der Waals surface area contributed by atoms with Crippen LogP contribution in [0, 0.1) is 0 Å². The van der Waals surface area contributed by atoms with Crippen LogP contribution in [0.1, 0.15) is 15.9 Å². The second-order valence-corrected chi connectivity index (χ2v) is 7.17. The van der Waals surface area contributed by atoms with Crippen LogP contribution in [-0.2, 0) is 0 Å². The zero-order chi connectivity index (χ0) is 22.7. The van der Waals surface area contributed by atoms with Crippen molar-refractivity contribution in [1.29, 1.82) is 0 Å². The highest BCUT2D eigenvalue weighted by atomic mass is 16.5. The fourth-order valence-electron chi connectivity index (χ4n) is 3.78. The number of phenolic OH excluding ortho intramolecular Hbond substituents is 2. The lowest BCUT2D eigenvalue weighted by atomic mass is 9.85. The monoisotopic (exact) mass is 426 g/mol. The summed E-state index contributed by atoms with van der Waals surface area (Å²) in [4.78, 5) is 13.5. The van der Waals surface area contributed by atoms with Gasteiger partial charge in [-0.1, -0.05) is 60.7 Å².